The van der Waals surface area contributed by atoms with Crippen LogP contribution in [0.15, 0.2) is 24.3 Å². The summed E-state index contributed by atoms with van der Waals surface area (Å²) in [5.74, 6) is 0.0540. The van der Waals surface area contributed by atoms with E-state index in [1.807, 2.05) is 0 Å². The van der Waals surface area contributed by atoms with Gasteiger partial charge >= 0.3 is 0 Å². The molecular formula is C10H10ClN5O. The van der Waals surface area contributed by atoms with E-state index in [-0.39, 0.29) is 17.7 Å². The number of nitrogens with two attached hydrogens (primary N) is 2. The molecule has 1 aromatic carbocycles. The first-order chi connectivity index (χ1) is 8.06. The Kier molecular flexibility index (Phi) is 3.08. The number of benzene rings is 1. The van der Waals surface area contributed by atoms with Gasteiger partial charge in [0.05, 0.1) is 0 Å². The zero-order chi connectivity index (χ0) is 12.4. The van der Waals surface area contributed by atoms with Crippen molar-refractivity contribution in [3.63, 3.8) is 0 Å². The van der Waals surface area contributed by atoms with E-state index in [9.17, 15) is 5.11 Å². The van der Waals surface area contributed by atoms with E-state index in [1.165, 1.54) is 0 Å². The Balaban J connectivity index is 2.36. The predicted molar refractivity (Wildman–Crippen MR) is 64.2 cm³/mol. The van der Waals surface area contributed by atoms with Crippen molar-refractivity contribution in [2.24, 2.45) is 0 Å². The number of aromatic nitrogens is 3. The average molecular weight is 252 g/mol. The van der Waals surface area contributed by atoms with Crippen LogP contribution in [0.1, 0.15) is 17.5 Å². The van der Waals surface area contributed by atoms with Gasteiger partial charge in [-0.3, -0.25) is 0 Å². The molecule has 0 saturated carbocycles. The number of anilines is 2. The molecule has 0 amide bonds. The minimum Gasteiger partial charge on any atom is -0.380 e. The molecule has 1 atom stereocenters. The van der Waals surface area contributed by atoms with E-state index in [0.29, 0.717) is 10.6 Å². The largest absolute Gasteiger partial charge is 0.380 e. The van der Waals surface area contributed by atoms with Gasteiger partial charge < -0.3 is 16.6 Å². The first kappa shape index (κ1) is 11.6. The van der Waals surface area contributed by atoms with Gasteiger partial charge in [0, 0.05) is 5.02 Å². The van der Waals surface area contributed by atoms with Crippen LogP contribution in [0, 0.1) is 0 Å². The van der Waals surface area contributed by atoms with Gasteiger partial charge in [-0.15, -0.1) is 0 Å². The summed E-state index contributed by atoms with van der Waals surface area (Å²) in [6.45, 7) is 0. The van der Waals surface area contributed by atoms with Crippen LogP contribution in [0.25, 0.3) is 0 Å². The quantitative estimate of drug-likeness (QED) is 0.727. The molecule has 1 unspecified atom stereocenters. The van der Waals surface area contributed by atoms with Crippen molar-refractivity contribution in [1.82, 2.24) is 15.0 Å². The van der Waals surface area contributed by atoms with Crippen LogP contribution in [-0.2, 0) is 0 Å². The molecule has 0 spiro atoms. The van der Waals surface area contributed by atoms with Gasteiger partial charge in [-0.1, -0.05) is 23.7 Å². The van der Waals surface area contributed by atoms with Gasteiger partial charge in [-0.2, -0.15) is 15.0 Å². The van der Waals surface area contributed by atoms with Gasteiger partial charge in [0.25, 0.3) is 0 Å². The smallest absolute Gasteiger partial charge is 0.225 e. The summed E-state index contributed by atoms with van der Waals surface area (Å²) < 4.78 is 0. The van der Waals surface area contributed by atoms with Gasteiger partial charge in [0.2, 0.25) is 11.9 Å². The number of hydrogen-bond donors (Lipinski definition) is 3. The van der Waals surface area contributed by atoms with Gasteiger partial charge in [0.1, 0.15) is 6.10 Å². The number of halogens is 1. The van der Waals surface area contributed by atoms with Crippen molar-refractivity contribution in [1.29, 1.82) is 0 Å². The highest BCUT2D eigenvalue weighted by Crippen LogP contribution is 2.21. The normalized spacial score (nSPS) is 12.4. The lowest BCUT2D eigenvalue weighted by Gasteiger charge is -2.10. The van der Waals surface area contributed by atoms with Crippen molar-refractivity contribution < 1.29 is 5.11 Å². The summed E-state index contributed by atoms with van der Waals surface area (Å²) in [5, 5.41) is 10.6. The highest BCUT2D eigenvalue weighted by molar-refractivity contribution is 6.30. The zero-order valence-corrected chi connectivity index (χ0v) is 9.46. The van der Waals surface area contributed by atoms with Crippen molar-refractivity contribution >= 4 is 23.5 Å². The van der Waals surface area contributed by atoms with E-state index in [1.54, 1.807) is 24.3 Å². The molecule has 2 rings (SSSR count). The van der Waals surface area contributed by atoms with Crippen LogP contribution in [-0.4, -0.2) is 20.1 Å². The zero-order valence-electron chi connectivity index (χ0n) is 8.71. The van der Waals surface area contributed by atoms with Gasteiger partial charge in [-0.25, -0.2) is 0 Å². The molecule has 0 radical (unpaired) electrons. The third-order valence-corrected chi connectivity index (χ3v) is 2.37. The Morgan fingerprint density at radius 1 is 1.00 bits per heavy atom. The summed E-state index contributed by atoms with van der Waals surface area (Å²) in [7, 11) is 0. The average Bonchev–Trinajstić information content (AvgIpc) is 2.28. The maximum absolute atomic E-state index is 10.0. The fourth-order valence-electron chi connectivity index (χ4n) is 1.34. The summed E-state index contributed by atoms with van der Waals surface area (Å²) in [6.07, 6.45) is -1.01. The molecule has 1 heterocycles. The first-order valence-electron chi connectivity index (χ1n) is 4.76. The summed E-state index contributed by atoms with van der Waals surface area (Å²) in [5.41, 5.74) is 11.4. The lowest BCUT2D eigenvalue weighted by Crippen LogP contribution is -2.11. The third kappa shape index (κ3) is 2.61. The van der Waals surface area contributed by atoms with Crippen molar-refractivity contribution in [2.45, 2.75) is 6.10 Å². The van der Waals surface area contributed by atoms with Crippen LogP contribution in [0.3, 0.4) is 0 Å². The predicted octanol–water partition coefficient (Wildman–Crippen LogP) is 0.771. The number of rotatable bonds is 2. The number of aliphatic hydroxyl groups is 1. The first-order valence-corrected chi connectivity index (χ1v) is 5.14. The summed E-state index contributed by atoms with van der Waals surface area (Å²) in [6, 6.07) is 6.66. The highest BCUT2D eigenvalue weighted by atomic mass is 35.5. The molecule has 5 N–H and O–H groups in total. The van der Waals surface area contributed by atoms with E-state index in [0.717, 1.165) is 0 Å². The number of nitrogens with zero attached hydrogens (tertiary/aromatic N) is 3. The second-order valence-corrected chi connectivity index (χ2v) is 3.80. The van der Waals surface area contributed by atoms with E-state index >= 15 is 0 Å². The molecular weight excluding hydrogens is 242 g/mol. The Bertz CT molecular complexity index is 510. The number of aliphatic hydroxyl groups excluding tert-OH is 1. The van der Waals surface area contributed by atoms with Crippen LogP contribution < -0.4 is 11.5 Å². The van der Waals surface area contributed by atoms with Crippen molar-refractivity contribution in [3.05, 3.63) is 40.7 Å². The maximum Gasteiger partial charge on any atom is 0.225 e. The fraction of sp³-hybridized carbons (Fsp3) is 0.100. The summed E-state index contributed by atoms with van der Waals surface area (Å²) >= 11 is 5.75. The van der Waals surface area contributed by atoms with E-state index in [4.69, 9.17) is 23.1 Å². The second kappa shape index (κ2) is 4.52. The molecule has 0 saturated heterocycles. The number of hydrogen-bond acceptors (Lipinski definition) is 6. The molecule has 0 aliphatic heterocycles. The van der Waals surface area contributed by atoms with Gasteiger partial charge in [-0.05, 0) is 17.7 Å². The monoisotopic (exact) mass is 251 g/mol. The molecule has 17 heavy (non-hydrogen) atoms. The van der Waals surface area contributed by atoms with E-state index in [2.05, 4.69) is 15.0 Å². The molecule has 6 nitrogen and oxygen atoms in total. The lowest BCUT2D eigenvalue weighted by molar-refractivity contribution is 0.210. The Morgan fingerprint density at radius 2 is 1.53 bits per heavy atom. The Hall–Kier alpha value is -1.92. The number of nitrogen functional groups attached to an aromatic ring is 2. The second-order valence-electron chi connectivity index (χ2n) is 3.36. The minimum absolute atomic E-state index is 0.0273. The van der Waals surface area contributed by atoms with Crippen molar-refractivity contribution in [2.75, 3.05) is 11.5 Å². The lowest BCUT2D eigenvalue weighted by atomic mass is 10.1. The van der Waals surface area contributed by atoms with Crippen molar-refractivity contribution in [3.8, 4) is 0 Å². The summed E-state index contributed by atoms with van der Waals surface area (Å²) in [4.78, 5) is 11.3. The molecule has 88 valence electrons. The molecule has 7 heteroatoms. The molecule has 2 aromatic rings. The molecule has 0 bridgehead atoms. The SMILES string of the molecule is Nc1nc(N)nc(C(O)c2ccc(Cl)cc2)n1. The van der Waals surface area contributed by atoms with Crippen LogP contribution >= 0.6 is 11.6 Å². The van der Waals surface area contributed by atoms with Crippen LogP contribution in [0.5, 0.6) is 0 Å². The molecule has 0 aliphatic carbocycles. The minimum atomic E-state index is -1.01. The van der Waals surface area contributed by atoms with E-state index < -0.39 is 6.10 Å². The molecule has 0 aliphatic rings. The third-order valence-electron chi connectivity index (χ3n) is 2.12. The van der Waals surface area contributed by atoms with Crippen LogP contribution in [0.4, 0.5) is 11.9 Å². The topological polar surface area (TPSA) is 111 Å². The maximum atomic E-state index is 10.0. The fourth-order valence-corrected chi connectivity index (χ4v) is 1.47. The Morgan fingerprint density at radius 3 is 2.06 bits per heavy atom. The highest BCUT2D eigenvalue weighted by Gasteiger charge is 2.15. The van der Waals surface area contributed by atoms with Crippen LogP contribution in [0.2, 0.25) is 5.02 Å². The van der Waals surface area contributed by atoms with Gasteiger partial charge in [0.15, 0.2) is 5.82 Å². The standard InChI is InChI=1S/C10H10ClN5O/c11-6-3-1-5(2-4-6)7(17)8-14-9(12)16-10(13)15-8/h1-4,7,17H,(H4,12,13,14,15,16). The molecule has 1 aromatic heterocycles. The Labute approximate surface area is 102 Å². The molecule has 0 fully saturated rings.